The Morgan fingerprint density at radius 1 is 1.26 bits per heavy atom. The molecule has 0 aliphatic rings. The number of benzene rings is 1. The monoisotopic (exact) mass is 259 g/mol. The molecule has 0 radical (unpaired) electrons. The van der Waals surface area contributed by atoms with Crippen LogP contribution in [0.15, 0.2) is 34.9 Å². The summed E-state index contributed by atoms with van der Waals surface area (Å²) in [6.45, 7) is 4.16. The molecular weight excluding hydrogens is 238 g/mol. The largest absolute Gasteiger partial charge is 0.496 e. The number of nitrogens with one attached hydrogen (secondary N) is 1. The molecule has 1 heterocycles. The Morgan fingerprint density at radius 3 is 2.63 bits per heavy atom. The standard InChI is InChI=1S/C16H21NO2/c1-11-5-6-15(18-4)13(9-11)10-14(17-3)16-12(2)7-8-19-16/h5-9,14,17H,10H2,1-4H3. The zero-order valence-electron chi connectivity index (χ0n) is 12.0. The zero-order chi connectivity index (χ0) is 13.8. The molecule has 0 amide bonds. The van der Waals surface area contributed by atoms with Gasteiger partial charge in [-0.25, -0.2) is 0 Å². The van der Waals surface area contributed by atoms with E-state index in [2.05, 4.69) is 31.3 Å². The molecule has 1 unspecified atom stereocenters. The van der Waals surface area contributed by atoms with Crippen molar-refractivity contribution in [1.82, 2.24) is 5.32 Å². The molecule has 2 rings (SSSR count). The molecule has 0 bridgehead atoms. The van der Waals surface area contributed by atoms with Gasteiger partial charge in [-0.15, -0.1) is 0 Å². The van der Waals surface area contributed by atoms with Crippen LogP contribution in [0.2, 0.25) is 0 Å². The van der Waals surface area contributed by atoms with E-state index in [1.54, 1.807) is 13.4 Å². The predicted octanol–water partition coefficient (Wildman–Crippen LogP) is 3.41. The van der Waals surface area contributed by atoms with Gasteiger partial charge in [0.2, 0.25) is 0 Å². The molecule has 0 aliphatic carbocycles. The van der Waals surface area contributed by atoms with Crippen molar-refractivity contribution in [2.24, 2.45) is 0 Å². The van der Waals surface area contributed by atoms with Gasteiger partial charge in [0.05, 0.1) is 19.4 Å². The van der Waals surface area contributed by atoms with Gasteiger partial charge >= 0.3 is 0 Å². The van der Waals surface area contributed by atoms with Crippen LogP contribution in [-0.4, -0.2) is 14.2 Å². The van der Waals surface area contributed by atoms with Crippen LogP contribution in [0.3, 0.4) is 0 Å². The van der Waals surface area contributed by atoms with E-state index in [0.717, 1.165) is 17.9 Å². The zero-order valence-corrected chi connectivity index (χ0v) is 12.0. The van der Waals surface area contributed by atoms with Gasteiger partial charge in [0.25, 0.3) is 0 Å². The number of aryl methyl sites for hydroxylation is 2. The number of rotatable bonds is 5. The Morgan fingerprint density at radius 2 is 2.05 bits per heavy atom. The quantitative estimate of drug-likeness (QED) is 0.893. The highest BCUT2D eigenvalue weighted by molar-refractivity contribution is 5.38. The molecule has 19 heavy (non-hydrogen) atoms. The summed E-state index contributed by atoms with van der Waals surface area (Å²) in [6.07, 6.45) is 2.58. The van der Waals surface area contributed by atoms with E-state index in [1.807, 2.05) is 19.2 Å². The van der Waals surface area contributed by atoms with Crippen LogP contribution in [0.25, 0.3) is 0 Å². The molecule has 3 nitrogen and oxygen atoms in total. The maximum Gasteiger partial charge on any atom is 0.123 e. The normalized spacial score (nSPS) is 12.4. The summed E-state index contributed by atoms with van der Waals surface area (Å²) in [7, 11) is 3.66. The number of methoxy groups -OCH3 is 1. The van der Waals surface area contributed by atoms with Gasteiger partial charge in [-0.3, -0.25) is 0 Å². The van der Waals surface area contributed by atoms with Crippen molar-refractivity contribution in [2.45, 2.75) is 26.3 Å². The average Bonchev–Trinajstić information content (AvgIpc) is 2.82. The van der Waals surface area contributed by atoms with Crippen molar-refractivity contribution in [3.05, 3.63) is 53.0 Å². The molecule has 1 aromatic heterocycles. The summed E-state index contributed by atoms with van der Waals surface area (Å²) in [5.41, 5.74) is 3.60. The van der Waals surface area contributed by atoms with Gasteiger partial charge in [-0.2, -0.15) is 0 Å². The molecular formula is C16H21NO2. The van der Waals surface area contributed by atoms with Crippen LogP contribution in [0.1, 0.15) is 28.5 Å². The van der Waals surface area contributed by atoms with E-state index in [4.69, 9.17) is 9.15 Å². The smallest absolute Gasteiger partial charge is 0.123 e. The fraction of sp³-hybridized carbons (Fsp3) is 0.375. The first-order chi connectivity index (χ1) is 9.15. The minimum atomic E-state index is 0.158. The lowest BCUT2D eigenvalue weighted by molar-refractivity contribution is 0.396. The van der Waals surface area contributed by atoms with Gasteiger partial charge in [-0.1, -0.05) is 17.7 Å². The van der Waals surface area contributed by atoms with E-state index < -0.39 is 0 Å². The fourth-order valence-electron chi connectivity index (χ4n) is 2.35. The third kappa shape index (κ3) is 2.99. The lowest BCUT2D eigenvalue weighted by Crippen LogP contribution is -2.19. The van der Waals surface area contributed by atoms with E-state index in [-0.39, 0.29) is 6.04 Å². The highest BCUT2D eigenvalue weighted by atomic mass is 16.5. The van der Waals surface area contributed by atoms with E-state index in [9.17, 15) is 0 Å². The Labute approximate surface area is 114 Å². The molecule has 0 aliphatic heterocycles. The molecule has 102 valence electrons. The van der Waals surface area contributed by atoms with E-state index in [1.165, 1.54) is 16.7 Å². The summed E-state index contributed by atoms with van der Waals surface area (Å²) in [5, 5.41) is 3.32. The molecule has 1 N–H and O–H groups in total. The van der Waals surface area contributed by atoms with Crippen molar-refractivity contribution < 1.29 is 9.15 Å². The summed E-state index contributed by atoms with van der Waals surface area (Å²) in [4.78, 5) is 0. The summed E-state index contributed by atoms with van der Waals surface area (Å²) >= 11 is 0. The van der Waals surface area contributed by atoms with Gasteiger partial charge in [0.15, 0.2) is 0 Å². The first-order valence-corrected chi connectivity index (χ1v) is 6.50. The molecule has 0 spiro atoms. The van der Waals surface area contributed by atoms with Gasteiger partial charge < -0.3 is 14.5 Å². The average molecular weight is 259 g/mol. The molecule has 0 fully saturated rings. The number of furan rings is 1. The van der Waals surface area contributed by atoms with Crippen LogP contribution < -0.4 is 10.1 Å². The number of ether oxygens (including phenoxy) is 1. The Bertz CT molecular complexity index is 545. The minimum Gasteiger partial charge on any atom is -0.496 e. The molecule has 1 aromatic carbocycles. The van der Waals surface area contributed by atoms with Crippen molar-refractivity contribution in [3.8, 4) is 5.75 Å². The summed E-state index contributed by atoms with van der Waals surface area (Å²) in [5.74, 6) is 1.92. The SMILES string of the molecule is CNC(Cc1cc(C)ccc1OC)c1occc1C. The van der Waals surface area contributed by atoms with Crippen molar-refractivity contribution in [3.63, 3.8) is 0 Å². The number of hydrogen-bond acceptors (Lipinski definition) is 3. The predicted molar refractivity (Wildman–Crippen MR) is 76.7 cm³/mol. The van der Waals surface area contributed by atoms with Crippen LogP contribution in [0.4, 0.5) is 0 Å². The lowest BCUT2D eigenvalue weighted by Gasteiger charge is -2.17. The van der Waals surface area contributed by atoms with Gasteiger partial charge in [-0.05, 0) is 50.6 Å². The molecule has 0 saturated heterocycles. The second-order valence-electron chi connectivity index (χ2n) is 4.83. The Balaban J connectivity index is 2.28. The van der Waals surface area contributed by atoms with Gasteiger partial charge in [0.1, 0.15) is 11.5 Å². The van der Waals surface area contributed by atoms with Crippen molar-refractivity contribution in [1.29, 1.82) is 0 Å². The lowest BCUT2D eigenvalue weighted by atomic mass is 9.99. The van der Waals surface area contributed by atoms with Crippen LogP contribution >= 0.6 is 0 Å². The maximum absolute atomic E-state index is 5.59. The molecule has 3 heteroatoms. The topological polar surface area (TPSA) is 34.4 Å². The van der Waals surface area contributed by atoms with E-state index in [0.29, 0.717) is 0 Å². The minimum absolute atomic E-state index is 0.158. The number of likely N-dealkylation sites (N-methyl/N-ethyl adjacent to an activating group) is 1. The molecule has 2 aromatic rings. The van der Waals surface area contributed by atoms with Crippen molar-refractivity contribution in [2.75, 3.05) is 14.2 Å². The van der Waals surface area contributed by atoms with Crippen LogP contribution in [-0.2, 0) is 6.42 Å². The maximum atomic E-state index is 5.59. The highest BCUT2D eigenvalue weighted by Crippen LogP contribution is 2.27. The molecule has 1 atom stereocenters. The third-order valence-electron chi connectivity index (χ3n) is 3.43. The Kier molecular flexibility index (Phi) is 4.27. The first-order valence-electron chi connectivity index (χ1n) is 6.50. The van der Waals surface area contributed by atoms with Crippen LogP contribution in [0, 0.1) is 13.8 Å². The number of hydrogen-bond donors (Lipinski definition) is 1. The second-order valence-corrected chi connectivity index (χ2v) is 4.83. The van der Waals surface area contributed by atoms with Crippen molar-refractivity contribution >= 4 is 0 Å². The van der Waals surface area contributed by atoms with Gasteiger partial charge in [0, 0.05) is 0 Å². The summed E-state index contributed by atoms with van der Waals surface area (Å²) < 4.78 is 11.0. The van der Waals surface area contributed by atoms with E-state index >= 15 is 0 Å². The Hall–Kier alpha value is -1.74. The van der Waals surface area contributed by atoms with Crippen LogP contribution in [0.5, 0.6) is 5.75 Å². The third-order valence-corrected chi connectivity index (χ3v) is 3.43. The fourth-order valence-corrected chi connectivity index (χ4v) is 2.35. The first kappa shape index (κ1) is 13.7. The molecule has 0 saturated carbocycles. The highest BCUT2D eigenvalue weighted by Gasteiger charge is 2.17. The second kappa shape index (κ2) is 5.93. The summed E-state index contributed by atoms with van der Waals surface area (Å²) in [6, 6.07) is 8.40.